The summed E-state index contributed by atoms with van der Waals surface area (Å²) in [6.07, 6.45) is 0. The summed E-state index contributed by atoms with van der Waals surface area (Å²) in [5, 5.41) is 22.8. The molecule has 1 heterocycles. The third-order valence-corrected chi connectivity index (χ3v) is 3.63. The molecule has 0 aliphatic carbocycles. The van der Waals surface area contributed by atoms with Crippen LogP contribution in [0.2, 0.25) is 0 Å². The van der Waals surface area contributed by atoms with Crippen molar-refractivity contribution in [2.24, 2.45) is 0 Å². The Morgan fingerprint density at radius 2 is 1.71 bits per heavy atom. The summed E-state index contributed by atoms with van der Waals surface area (Å²) < 4.78 is 10.7. The Balaban J connectivity index is 0.00000220. The molecule has 3 N–H and O–H groups in total. The van der Waals surface area contributed by atoms with Crippen LogP contribution in [0.5, 0.6) is 17.2 Å². The SMILES string of the molecule is COc1cc(O)cc(OC)c1[C@H](CO)N1CCNCC1.Cl. The van der Waals surface area contributed by atoms with Crippen molar-refractivity contribution in [3.05, 3.63) is 17.7 Å². The lowest BCUT2D eigenvalue weighted by Gasteiger charge is -2.35. The normalized spacial score (nSPS) is 16.9. The number of methoxy groups -OCH3 is 2. The first-order valence-corrected chi connectivity index (χ1v) is 6.71. The molecule has 0 radical (unpaired) electrons. The highest BCUT2D eigenvalue weighted by Gasteiger charge is 2.28. The molecule has 1 aliphatic heterocycles. The molecular weight excluding hydrogens is 296 g/mol. The van der Waals surface area contributed by atoms with E-state index in [0.29, 0.717) is 11.5 Å². The predicted octanol–water partition coefficient (Wildman–Crippen LogP) is 0.770. The standard InChI is InChI=1S/C14H22N2O4.ClH/c1-19-12-7-10(18)8-13(20-2)14(12)11(9-17)16-5-3-15-4-6-16;/h7-8,11,15,17-18H,3-6,9H2,1-2H3;1H/t11-;/m0./s1. The number of aromatic hydroxyl groups is 1. The largest absolute Gasteiger partial charge is 0.508 e. The zero-order chi connectivity index (χ0) is 14.5. The second-order valence-electron chi connectivity index (χ2n) is 4.75. The molecule has 1 aromatic rings. The third kappa shape index (κ3) is 3.91. The molecule has 0 amide bonds. The van der Waals surface area contributed by atoms with Crippen LogP contribution in [0, 0.1) is 0 Å². The van der Waals surface area contributed by atoms with Crippen molar-refractivity contribution >= 4 is 12.4 Å². The van der Waals surface area contributed by atoms with Gasteiger partial charge in [-0.25, -0.2) is 0 Å². The van der Waals surface area contributed by atoms with Gasteiger partial charge in [-0.05, 0) is 0 Å². The van der Waals surface area contributed by atoms with Crippen molar-refractivity contribution in [2.75, 3.05) is 47.0 Å². The van der Waals surface area contributed by atoms with Crippen molar-refractivity contribution in [1.29, 1.82) is 0 Å². The van der Waals surface area contributed by atoms with Crippen LogP contribution < -0.4 is 14.8 Å². The lowest BCUT2D eigenvalue weighted by atomic mass is 10.0. The van der Waals surface area contributed by atoms with E-state index in [4.69, 9.17) is 9.47 Å². The number of benzene rings is 1. The number of aliphatic hydroxyl groups excluding tert-OH is 1. The van der Waals surface area contributed by atoms with Crippen molar-refractivity contribution in [3.63, 3.8) is 0 Å². The molecule has 0 unspecified atom stereocenters. The van der Waals surface area contributed by atoms with E-state index in [9.17, 15) is 10.2 Å². The number of aliphatic hydroxyl groups is 1. The van der Waals surface area contributed by atoms with Crippen LogP contribution in [0.15, 0.2) is 12.1 Å². The molecule has 1 atom stereocenters. The Kier molecular flexibility index (Phi) is 7.04. The van der Waals surface area contributed by atoms with Crippen LogP contribution in [0.1, 0.15) is 11.6 Å². The van der Waals surface area contributed by atoms with Gasteiger partial charge in [-0.2, -0.15) is 0 Å². The fraction of sp³-hybridized carbons (Fsp3) is 0.571. The summed E-state index contributed by atoms with van der Waals surface area (Å²) in [7, 11) is 3.09. The molecule has 7 heteroatoms. The van der Waals surface area contributed by atoms with Gasteiger partial charge in [0.25, 0.3) is 0 Å². The van der Waals surface area contributed by atoms with Crippen LogP contribution in [0.25, 0.3) is 0 Å². The van der Waals surface area contributed by atoms with E-state index in [1.165, 1.54) is 0 Å². The lowest BCUT2D eigenvalue weighted by Crippen LogP contribution is -2.46. The summed E-state index contributed by atoms with van der Waals surface area (Å²) in [5.74, 6) is 1.14. The van der Waals surface area contributed by atoms with Gasteiger partial charge in [0.1, 0.15) is 17.2 Å². The van der Waals surface area contributed by atoms with E-state index in [1.54, 1.807) is 26.4 Å². The highest BCUT2D eigenvalue weighted by atomic mass is 35.5. The highest BCUT2D eigenvalue weighted by Crippen LogP contribution is 2.40. The minimum absolute atomic E-state index is 0. The molecule has 1 aliphatic rings. The Bertz CT molecular complexity index is 428. The summed E-state index contributed by atoms with van der Waals surface area (Å²) in [5.41, 5.74) is 0.775. The van der Waals surface area contributed by atoms with Gasteiger partial charge in [0, 0.05) is 38.3 Å². The number of rotatable bonds is 5. The van der Waals surface area contributed by atoms with Gasteiger partial charge in [-0.1, -0.05) is 0 Å². The summed E-state index contributed by atoms with van der Waals surface area (Å²) in [6.45, 7) is 3.44. The van der Waals surface area contributed by atoms with Crippen LogP contribution in [-0.2, 0) is 0 Å². The first kappa shape index (κ1) is 17.8. The number of phenols is 1. The van der Waals surface area contributed by atoms with Gasteiger partial charge in [0.2, 0.25) is 0 Å². The molecule has 0 saturated carbocycles. The fourth-order valence-electron chi connectivity index (χ4n) is 2.64. The zero-order valence-corrected chi connectivity index (χ0v) is 13.2. The van der Waals surface area contributed by atoms with Gasteiger partial charge in [-0.3, -0.25) is 4.90 Å². The van der Waals surface area contributed by atoms with Crippen molar-refractivity contribution < 1.29 is 19.7 Å². The van der Waals surface area contributed by atoms with E-state index in [-0.39, 0.29) is 30.8 Å². The second kappa shape index (κ2) is 8.29. The molecular formula is C14H23ClN2O4. The summed E-state index contributed by atoms with van der Waals surface area (Å²) in [4.78, 5) is 2.19. The van der Waals surface area contributed by atoms with E-state index in [1.807, 2.05) is 0 Å². The number of nitrogens with zero attached hydrogens (tertiary/aromatic N) is 1. The Labute approximate surface area is 131 Å². The average molecular weight is 319 g/mol. The topological polar surface area (TPSA) is 74.2 Å². The molecule has 0 aromatic heterocycles. The first-order valence-electron chi connectivity index (χ1n) is 6.71. The van der Waals surface area contributed by atoms with E-state index in [2.05, 4.69) is 10.2 Å². The minimum atomic E-state index is -0.206. The van der Waals surface area contributed by atoms with Crippen LogP contribution in [0.4, 0.5) is 0 Å². The highest BCUT2D eigenvalue weighted by molar-refractivity contribution is 5.85. The summed E-state index contributed by atoms with van der Waals surface area (Å²) >= 11 is 0. The van der Waals surface area contributed by atoms with Gasteiger partial charge in [0.15, 0.2) is 0 Å². The maximum absolute atomic E-state index is 9.81. The molecule has 1 saturated heterocycles. The number of halogens is 1. The van der Waals surface area contributed by atoms with Crippen LogP contribution in [0.3, 0.4) is 0 Å². The molecule has 2 rings (SSSR count). The van der Waals surface area contributed by atoms with Crippen molar-refractivity contribution in [1.82, 2.24) is 10.2 Å². The number of hydrogen-bond donors (Lipinski definition) is 3. The number of hydrogen-bond acceptors (Lipinski definition) is 6. The van der Waals surface area contributed by atoms with Crippen molar-refractivity contribution in [3.8, 4) is 17.2 Å². The van der Waals surface area contributed by atoms with E-state index < -0.39 is 0 Å². The van der Waals surface area contributed by atoms with E-state index in [0.717, 1.165) is 31.7 Å². The maximum atomic E-state index is 9.81. The molecule has 21 heavy (non-hydrogen) atoms. The molecule has 120 valence electrons. The number of piperazine rings is 1. The van der Waals surface area contributed by atoms with Gasteiger partial charge >= 0.3 is 0 Å². The summed E-state index contributed by atoms with van der Waals surface area (Å²) in [6, 6.07) is 2.88. The number of phenolic OH excluding ortho intramolecular Hbond substituents is 1. The Morgan fingerprint density at radius 1 is 1.19 bits per heavy atom. The van der Waals surface area contributed by atoms with Gasteiger partial charge in [-0.15, -0.1) is 12.4 Å². The Morgan fingerprint density at radius 3 is 2.14 bits per heavy atom. The molecule has 1 fully saturated rings. The molecule has 0 bridgehead atoms. The Hall–Kier alpha value is -1.21. The molecule has 1 aromatic carbocycles. The van der Waals surface area contributed by atoms with E-state index >= 15 is 0 Å². The van der Waals surface area contributed by atoms with Crippen molar-refractivity contribution in [2.45, 2.75) is 6.04 Å². The minimum Gasteiger partial charge on any atom is -0.508 e. The maximum Gasteiger partial charge on any atom is 0.131 e. The van der Waals surface area contributed by atoms with Crippen LogP contribution >= 0.6 is 12.4 Å². The second-order valence-corrected chi connectivity index (χ2v) is 4.75. The van der Waals surface area contributed by atoms with Gasteiger partial charge < -0.3 is 25.0 Å². The number of ether oxygens (including phenoxy) is 2. The first-order chi connectivity index (χ1) is 9.71. The average Bonchev–Trinajstić information content (AvgIpc) is 2.49. The molecule has 0 spiro atoms. The smallest absolute Gasteiger partial charge is 0.131 e. The zero-order valence-electron chi connectivity index (χ0n) is 12.3. The number of nitrogens with one attached hydrogen (secondary N) is 1. The lowest BCUT2D eigenvalue weighted by molar-refractivity contribution is 0.106. The predicted molar refractivity (Wildman–Crippen MR) is 82.7 cm³/mol. The molecule has 6 nitrogen and oxygen atoms in total. The quantitative estimate of drug-likeness (QED) is 0.745. The fourth-order valence-corrected chi connectivity index (χ4v) is 2.64. The van der Waals surface area contributed by atoms with Crippen LogP contribution in [-0.4, -0.2) is 62.1 Å². The monoisotopic (exact) mass is 318 g/mol. The van der Waals surface area contributed by atoms with Gasteiger partial charge in [0.05, 0.1) is 32.4 Å². The third-order valence-electron chi connectivity index (χ3n) is 3.63.